The largest absolute Gasteiger partial charge is 0.349 e. The molecule has 4 rings (SSSR count). The van der Waals surface area contributed by atoms with Gasteiger partial charge in [0.05, 0.1) is 5.52 Å². The van der Waals surface area contributed by atoms with Gasteiger partial charge in [-0.3, -0.25) is 4.79 Å². The number of carbonyl (C=O) groups excluding carboxylic acids is 1. The first kappa shape index (κ1) is 18.4. The molecule has 1 saturated heterocycles. The van der Waals surface area contributed by atoms with Crippen LogP contribution in [0.3, 0.4) is 0 Å². The zero-order chi connectivity index (χ0) is 19.5. The van der Waals surface area contributed by atoms with Gasteiger partial charge in [-0.15, -0.1) is 0 Å². The van der Waals surface area contributed by atoms with E-state index in [2.05, 4.69) is 32.5 Å². The van der Waals surface area contributed by atoms with Gasteiger partial charge >= 0.3 is 0 Å². The van der Waals surface area contributed by atoms with E-state index in [1.54, 1.807) is 0 Å². The molecule has 0 aliphatic carbocycles. The van der Waals surface area contributed by atoms with Gasteiger partial charge in [-0.1, -0.05) is 24.3 Å². The van der Waals surface area contributed by atoms with Crippen molar-refractivity contribution in [2.45, 2.75) is 25.8 Å². The quantitative estimate of drug-likeness (QED) is 0.730. The van der Waals surface area contributed by atoms with Crippen LogP contribution in [0.15, 0.2) is 48.7 Å². The summed E-state index contributed by atoms with van der Waals surface area (Å²) in [5.41, 5.74) is 3.47. The molecular formula is C22H25N5O. The summed E-state index contributed by atoms with van der Waals surface area (Å²) in [5, 5.41) is 7.38. The highest BCUT2D eigenvalue weighted by Gasteiger charge is 2.19. The van der Waals surface area contributed by atoms with E-state index in [1.165, 1.54) is 0 Å². The van der Waals surface area contributed by atoms with Crippen LogP contribution < -0.4 is 10.6 Å². The van der Waals surface area contributed by atoms with Crippen molar-refractivity contribution in [3.8, 4) is 0 Å². The lowest BCUT2D eigenvalue weighted by Gasteiger charge is -2.29. The number of hydrogen-bond acceptors (Lipinski definition) is 5. The molecule has 0 radical (unpaired) electrons. The molecular weight excluding hydrogens is 350 g/mol. The minimum absolute atomic E-state index is 0.0338. The zero-order valence-electron chi connectivity index (χ0n) is 16.3. The summed E-state index contributed by atoms with van der Waals surface area (Å²) in [4.78, 5) is 23.9. The molecule has 0 saturated carbocycles. The number of benzene rings is 2. The number of aromatic nitrogens is 2. The monoisotopic (exact) mass is 375 g/mol. The summed E-state index contributed by atoms with van der Waals surface area (Å²) in [6.07, 6.45) is 3.79. The molecule has 2 heterocycles. The lowest BCUT2D eigenvalue weighted by molar-refractivity contribution is 0.0917. The zero-order valence-corrected chi connectivity index (χ0v) is 16.3. The Morgan fingerprint density at radius 2 is 1.93 bits per heavy atom. The first-order valence-corrected chi connectivity index (χ1v) is 9.67. The predicted molar refractivity (Wildman–Crippen MR) is 112 cm³/mol. The Morgan fingerprint density at radius 1 is 1.14 bits per heavy atom. The third-order valence-corrected chi connectivity index (χ3v) is 5.25. The van der Waals surface area contributed by atoms with E-state index in [1.807, 2.05) is 55.6 Å². The highest BCUT2D eigenvalue weighted by Crippen LogP contribution is 2.20. The molecule has 6 nitrogen and oxygen atoms in total. The van der Waals surface area contributed by atoms with Gasteiger partial charge in [0, 0.05) is 28.9 Å². The molecule has 2 N–H and O–H groups in total. The van der Waals surface area contributed by atoms with E-state index in [9.17, 15) is 4.79 Å². The summed E-state index contributed by atoms with van der Waals surface area (Å²) >= 11 is 0. The van der Waals surface area contributed by atoms with Crippen LogP contribution in [0.5, 0.6) is 0 Å². The van der Waals surface area contributed by atoms with Gasteiger partial charge in [0.2, 0.25) is 5.95 Å². The SMILES string of the molecule is Cc1cccc2cnc(Nc3cccc(C(=O)NC4CCN(C)CC4)c3)nc12. The molecule has 1 aromatic heterocycles. The minimum Gasteiger partial charge on any atom is -0.349 e. The molecule has 0 bridgehead atoms. The van der Waals surface area contributed by atoms with E-state index in [4.69, 9.17) is 0 Å². The second-order valence-corrected chi connectivity index (χ2v) is 7.46. The minimum atomic E-state index is -0.0338. The Hall–Kier alpha value is -2.99. The fraction of sp³-hybridized carbons (Fsp3) is 0.318. The van der Waals surface area contributed by atoms with E-state index in [0.717, 1.165) is 48.1 Å². The maximum absolute atomic E-state index is 12.6. The molecule has 1 amide bonds. The first-order chi connectivity index (χ1) is 13.6. The van der Waals surface area contributed by atoms with Crippen LogP contribution >= 0.6 is 0 Å². The second-order valence-electron chi connectivity index (χ2n) is 7.46. The van der Waals surface area contributed by atoms with Crippen LogP contribution in [0.1, 0.15) is 28.8 Å². The molecule has 144 valence electrons. The maximum Gasteiger partial charge on any atom is 0.251 e. The van der Waals surface area contributed by atoms with Crippen molar-refractivity contribution in [2.75, 3.05) is 25.5 Å². The van der Waals surface area contributed by atoms with E-state index in [-0.39, 0.29) is 11.9 Å². The highest BCUT2D eigenvalue weighted by molar-refractivity contribution is 5.95. The number of hydrogen-bond donors (Lipinski definition) is 2. The number of nitrogens with zero attached hydrogens (tertiary/aromatic N) is 3. The number of likely N-dealkylation sites (tertiary alicyclic amines) is 1. The number of aryl methyl sites for hydroxylation is 1. The van der Waals surface area contributed by atoms with Crippen LogP contribution in [0, 0.1) is 6.92 Å². The lowest BCUT2D eigenvalue weighted by Crippen LogP contribution is -2.43. The first-order valence-electron chi connectivity index (χ1n) is 9.67. The standard InChI is InChI=1S/C22H25N5O/c1-15-5-3-7-17-14-23-22(26-20(15)17)25-19-8-4-6-16(13-19)21(28)24-18-9-11-27(2)12-10-18/h3-8,13-14,18H,9-12H2,1-2H3,(H,24,28)(H,23,25,26). The van der Waals surface area contributed by atoms with Gasteiger partial charge in [-0.25, -0.2) is 9.97 Å². The van der Waals surface area contributed by atoms with Crippen LogP contribution in [0.4, 0.5) is 11.6 Å². The number of para-hydroxylation sites is 1. The molecule has 0 spiro atoms. The van der Waals surface area contributed by atoms with Crippen molar-refractivity contribution < 1.29 is 4.79 Å². The molecule has 0 unspecified atom stereocenters. The van der Waals surface area contributed by atoms with Crippen molar-refractivity contribution in [3.05, 3.63) is 59.8 Å². The van der Waals surface area contributed by atoms with Gasteiger partial charge in [-0.2, -0.15) is 0 Å². The highest BCUT2D eigenvalue weighted by atomic mass is 16.1. The average Bonchev–Trinajstić information content (AvgIpc) is 2.70. The third-order valence-electron chi connectivity index (χ3n) is 5.25. The molecule has 1 fully saturated rings. The number of carbonyl (C=O) groups is 1. The van der Waals surface area contributed by atoms with Crippen molar-refractivity contribution in [1.29, 1.82) is 0 Å². The summed E-state index contributed by atoms with van der Waals surface area (Å²) in [5.74, 6) is 0.489. The van der Waals surface area contributed by atoms with Gasteiger partial charge in [0.15, 0.2) is 0 Å². The van der Waals surface area contributed by atoms with E-state index in [0.29, 0.717) is 11.5 Å². The van der Waals surface area contributed by atoms with Crippen LogP contribution in [-0.4, -0.2) is 47.0 Å². The molecule has 28 heavy (non-hydrogen) atoms. The Labute approximate surface area is 165 Å². The second kappa shape index (κ2) is 7.94. The van der Waals surface area contributed by atoms with Crippen molar-refractivity contribution in [2.24, 2.45) is 0 Å². The topological polar surface area (TPSA) is 70.2 Å². The molecule has 0 atom stereocenters. The number of rotatable bonds is 4. The smallest absolute Gasteiger partial charge is 0.251 e. The van der Waals surface area contributed by atoms with Crippen molar-refractivity contribution >= 4 is 28.4 Å². The summed E-state index contributed by atoms with van der Waals surface area (Å²) < 4.78 is 0. The Morgan fingerprint density at radius 3 is 2.75 bits per heavy atom. The summed E-state index contributed by atoms with van der Waals surface area (Å²) in [6, 6.07) is 13.7. The number of nitrogens with one attached hydrogen (secondary N) is 2. The average molecular weight is 375 g/mol. The molecule has 1 aliphatic heterocycles. The van der Waals surface area contributed by atoms with Gasteiger partial charge in [-0.05, 0) is 63.7 Å². The third kappa shape index (κ3) is 4.12. The van der Waals surface area contributed by atoms with Crippen LogP contribution in [0.25, 0.3) is 10.9 Å². The number of piperidine rings is 1. The normalized spacial score (nSPS) is 15.5. The maximum atomic E-state index is 12.6. The number of anilines is 2. The van der Waals surface area contributed by atoms with Crippen LogP contribution in [0.2, 0.25) is 0 Å². The van der Waals surface area contributed by atoms with Crippen molar-refractivity contribution in [1.82, 2.24) is 20.2 Å². The molecule has 1 aliphatic rings. The van der Waals surface area contributed by atoms with Gasteiger partial charge < -0.3 is 15.5 Å². The molecule has 2 aromatic carbocycles. The van der Waals surface area contributed by atoms with Crippen molar-refractivity contribution in [3.63, 3.8) is 0 Å². The number of fused-ring (bicyclic) bond motifs is 1. The Balaban J connectivity index is 1.48. The Kier molecular flexibility index (Phi) is 5.21. The van der Waals surface area contributed by atoms with Gasteiger partial charge in [0.1, 0.15) is 0 Å². The molecule has 6 heteroatoms. The van der Waals surface area contributed by atoms with E-state index < -0.39 is 0 Å². The lowest BCUT2D eigenvalue weighted by atomic mass is 10.0. The van der Waals surface area contributed by atoms with E-state index >= 15 is 0 Å². The summed E-state index contributed by atoms with van der Waals surface area (Å²) in [7, 11) is 2.11. The Bertz CT molecular complexity index is 995. The number of amides is 1. The van der Waals surface area contributed by atoms with Crippen LogP contribution in [-0.2, 0) is 0 Å². The summed E-state index contributed by atoms with van der Waals surface area (Å²) in [6.45, 7) is 4.07. The molecule has 3 aromatic rings. The fourth-order valence-electron chi connectivity index (χ4n) is 3.55. The fourth-order valence-corrected chi connectivity index (χ4v) is 3.55. The predicted octanol–water partition coefficient (Wildman–Crippen LogP) is 3.51. The van der Waals surface area contributed by atoms with Gasteiger partial charge in [0.25, 0.3) is 5.91 Å².